The van der Waals surface area contributed by atoms with Crippen molar-refractivity contribution in [3.8, 4) is 0 Å². The van der Waals surface area contributed by atoms with E-state index in [1.54, 1.807) is 12.1 Å². The molecule has 1 saturated heterocycles. The van der Waals surface area contributed by atoms with Gasteiger partial charge in [0.1, 0.15) is 0 Å². The minimum absolute atomic E-state index is 0.103. The normalized spacial score (nSPS) is 20.4. The molecule has 0 unspecified atom stereocenters. The summed E-state index contributed by atoms with van der Waals surface area (Å²) in [4.78, 5) is 14.8. The van der Waals surface area contributed by atoms with Crippen LogP contribution >= 0.6 is 0 Å². The van der Waals surface area contributed by atoms with Gasteiger partial charge in [-0.15, -0.1) is 0 Å². The molecule has 0 bridgehead atoms. The second kappa shape index (κ2) is 8.23. The van der Waals surface area contributed by atoms with Crippen LogP contribution in [0.15, 0.2) is 59.5 Å². The molecule has 144 valence electrons. The SMILES string of the molecule is C[C@@H]1C[C@H](C)CN(C(=O)c2cccc(S(=O)(=O)NCc3ccccc3)c2)C1. The van der Waals surface area contributed by atoms with Crippen molar-refractivity contribution in [2.75, 3.05) is 13.1 Å². The van der Waals surface area contributed by atoms with E-state index in [-0.39, 0.29) is 17.3 Å². The lowest BCUT2D eigenvalue weighted by Crippen LogP contribution is -2.42. The van der Waals surface area contributed by atoms with Crippen LogP contribution in [0.4, 0.5) is 0 Å². The van der Waals surface area contributed by atoms with Crippen LogP contribution in [-0.2, 0) is 16.6 Å². The average Bonchev–Trinajstić information content (AvgIpc) is 2.66. The van der Waals surface area contributed by atoms with Gasteiger partial charge in [0.25, 0.3) is 5.91 Å². The number of nitrogens with one attached hydrogen (secondary N) is 1. The second-order valence-corrected chi connectivity index (χ2v) is 9.26. The van der Waals surface area contributed by atoms with Crippen molar-refractivity contribution in [3.05, 3.63) is 65.7 Å². The molecule has 0 aromatic heterocycles. The third-order valence-corrected chi connectivity index (χ3v) is 6.26. The molecule has 1 fully saturated rings. The molecule has 6 heteroatoms. The molecule has 0 saturated carbocycles. The zero-order valence-electron chi connectivity index (χ0n) is 15.8. The summed E-state index contributed by atoms with van der Waals surface area (Å²) in [6.07, 6.45) is 1.11. The van der Waals surface area contributed by atoms with Gasteiger partial charge < -0.3 is 4.90 Å². The van der Waals surface area contributed by atoms with E-state index in [1.165, 1.54) is 12.1 Å². The lowest BCUT2D eigenvalue weighted by Gasteiger charge is -2.35. The van der Waals surface area contributed by atoms with E-state index >= 15 is 0 Å². The van der Waals surface area contributed by atoms with E-state index in [2.05, 4.69) is 18.6 Å². The maximum Gasteiger partial charge on any atom is 0.253 e. The van der Waals surface area contributed by atoms with E-state index in [4.69, 9.17) is 0 Å². The molecule has 5 nitrogen and oxygen atoms in total. The average molecular weight is 387 g/mol. The quantitative estimate of drug-likeness (QED) is 0.857. The molecule has 1 aliphatic rings. The summed E-state index contributed by atoms with van der Waals surface area (Å²) in [6.45, 7) is 5.93. The highest BCUT2D eigenvalue weighted by atomic mass is 32.2. The van der Waals surface area contributed by atoms with Crippen LogP contribution in [0.5, 0.6) is 0 Å². The van der Waals surface area contributed by atoms with E-state index < -0.39 is 10.0 Å². The van der Waals surface area contributed by atoms with Gasteiger partial charge in [-0.1, -0.05) is 50.2 Å². The summed E-state index contributed by atoms with van der Waals surface area (Å²) in [5.41, 5.74) is 1.29. The molecule has 2 aromatic rings. The predicted octanol–water partition coefficient (Wildman–Crippen LogP) is 3.28. The number of carbonyl (C=O) groups is 1. The minimum Gasteiger partial charge on any atom is -0.338 e. The van der Waals surface area contributed by atoms with Crippen molar-refractivity contribution in [3.63, 3.8) is 0 Å². The third kappa shape index (κ3) is 4.96. The standard InChI is InChI=1S/C21H26N2O3S/c1-16-11-17(2)15-23(14-16)21(24)19-9-6-10-20(12-19)27(25,26)22-13-18-7-4-3-5-8-18/h3-10,12,16-17,22H,11,13-15H2,1-2H3/t16-,17+. The first kappa shape index (κ1) is 19.6. The van der Waals surface area contributed by atoms with Crippen LogP contribution in [0, 0.1) is 11.8 Å². The number of piperidine rings is 1. The summed E-state index contributed by atoms with van der Waals surface area (Å²) in [5.74, 6) is 0.808. The number of rotatable bonds is 5. The van der Waals surface area contributed by atoms with Crippen molar-refractivity contribution in [1.29, 1.82) is 0 Å². The Balaban J connectivity index is 1.75. The molecule has 3 rings (SSSR count). The highest BCUT2D eigenvalue weighted by Gasteiger charge is 2.26. The number of nitrogens with zero attached hydrogens (tertiary/aromatic N) is 1. The minimum atomic E-state index is -3.69. The smallest absolute Gasteiger partial charge is 0.253 e. The number of sulfonamides is 1. The number of hydrogen-bond acceptors (Lipinski definition) is 3. The molecule has 1 aliphatic heterocycles. The second-order valence-electron chi connectivity index (χ2n) is 7.49. The fraction of sp³-hybridized carbons (Fsp3) is 0.381. The Hall–Kier alpha value is -2.18. The highest BCUT2D eigenvalue weighted by molar-refractivity contribution is 7.89. The van der Waals surface area contributed by atoms with E-state index in [1.807, 2.05) is 35.2 Å². The highest BCUT2D eigenvalue weighted by Crippen LogP contribution is 2.23. The third-order valence-electron chi connectivity index (χ3n) is 4.86. The topological polar surface area (TPSA) is 66.5 Å². The summed E-state index contributed by atoms with van der Waals surface area (Å²) in [5, 5.41) is 0. The Morgan fingerprint density at radius 1 is 1.04 bits per heavy atom. The van der Waals surface area contributed by atoms with Gasteiger partial charge in [0.05, 0.1) is 4.90 Å². The van der Waals surface area contributed by atoms with Gasteiger partial charge in [-0.2, -0.15) is 0 Å². The van der Waals surface area contributed by atoms with Crippen LogP contribution < -0.4 is 4.72 Å². The lowest BCUT2D eigenvalue weighted by atomic mass is 9.91. The monoisotopic (exact) mass is 386 g/mol. The number of benzene rings is 2. The molecule has 27 heavy (non-hydrogen) atoms. The molecule has 2 atom stereocenters. The molecule has 1 heterocycles. The van der Waals surface area contributed by atoms with Crippen molar-refractivity contribution in [2.45, 2.75) is 31.7 Å². The lowest BCUT2D eigenvalue weighted by molar-refractivity contribution is 0.0623. The van der Waals surface area contributed by atoms with Gasteiger partial charge in [-0.25, -0.2) is 13.1 Å². The first-order valence-corrected chi connectivity index (χ1v) is 10.8. The van der Waals surface area contributed by atoms with E-state index in [0.717, 1.165) is 12.0 Å². The van der Waals surface area contributed by atoms with Gasteiger partial charge in [-0.3, -0.25) is 4.79 Å². The van der Waals surface area contributed by atoms with Crippen LogP contribution in [-0.4, -0.2) is 32.3 Å². The zero-order chi connectivity index (χ0) is 19.4. The number of carbonyl (C=O) groups excluding carboxylic acids is 1. The number of amides is 1. The van der Waals surface area contributed by atoms with E-state index in [9.17, 15) is 13.2 Å². The van der Waals surface area contributed by atoms with Crippen molar-refractivity contribution in [1.82, 2.24) is 9.62 Å². The first-order chi connectivity index (χ1) is 12.8. The number of likely N-dealkylation sites (tertiary alicyclic amines) is 1. The van der Waals surface area contributed by atoms with Crippen LogP contribution in [0.25, 0.3) is 0 Å². The fourth-order valence-electron chi connectivity index (χ4n) is 3.67. The van der Waals surface area contributed by atoms with E-state index in [0.29, 0.717) is 30.5 Å². The van der Waals surface area contributed by atoms with Gasteiger partial charge in [0.15, 0.2) is 0 Å². The summed E-state index contributed by atoms with van der Waals surface area (Å²) in [7, 11) is -3.69. The first-order valence-electron chi connectivity index (χ1n) is 9.28. The molecular weight excluding hydrogens is 360 g/mol. The number of hydrogen-bond donors (Lipinski definition) is 1. The molecular formula is C21H26N2O3S. The maximum absolute atomic E-state index is 12.9. The molecule has 1 N–H and O–H groups in total. The fourth-order valence-corrected chi connectivity index (χ4v) is 4.73. The maximum atomic E-state index is 12.9. The van der Waals surface area contributed by atoms with Crippen LogP contribution in [0.3, 0.4) is 0 Å². The van der Waals surface area contributed by atoms with Crippen molar-refractivity contribution >= 4 is 15.9 Å². The van der Waals surface area contributed by atoms with Gasteiger partial charge in [0, 0.05) is 25.2 Å². The molecule has 2 aromatic carbocycles. The van der Waals surface area contributed by atoms with Crippen LogP contribution in [0.2, 0.25) is 0 Å². The summed E-state index contributed by atoms with van der Waals surface area (Å²) >= 11 is 0. The summed E-state index contributed by atoms with van der Waals surface area (Å²) in [6, 6.07) is 15.6. The van der Waals surface area contributed by atoms with Gasteiger partial charge in [-0.05, 0) is 42.0 Å². The van der Waals surface area contributed by atoms with Crippen molar-refractivity contribution < 1.29 is 13.2 Å². The molecule has 0 spiro atoms. The van der Waals surface area contributed by atoms with Crippen LogP contribution in [0.1, 0.15) is 36.2 Å². The Labute approximate surface area is 161 Å². The summed E-state index contributed by atoms with van der Waals surface area (Å²) < 4.78 is 27.8. The van der Waals surface area contributed by atoms with Gasteiger partial charge >= 0.3 is 0 Å². The Bertz CT molecular complexity index is 887. The molecule has 0 aliphatic carbocycles. The van der Waals surface area contributed by atoms with Gasteiger partial charge in [0.2, 0.25) is 10.0 Å². The predicted molar refractivity (Wildman–Crippen MR) is 106 cm³/mol. The molecule has 1 amide bonds. The molecule has 0 radical (unpaired) electrons. The Morgan fingerprint density at radius 3 is 2.37 bits per heavy atom. The zero-order valence-corrected chi connectivity index (χ0v) is 16.6. The Kier molecular flexibility index (Phi) is 5.97. The van der Waals surface area contributed by atoms with Crippen molar-refractivity contribution in [2.24, 2.45) is 11.8 Å². The Morgan fingerprint density at radius 2 is 1.70 bits per heavy atom. The largest absolute Gasteiger partial charge is 0.338 e.